The average molecular weight is 877 g/mol. The van der Waals surface area contributed by atoms with Crippen molar-refractivity contribution in [2.24, 2.45) is 22.7 Å². The monoisotopic (exact) mass is 876 g/mol. The highest BCUT2D eigenvalue weighted by molar-refractivity contribution is 7.91. The standard InChI is InChI=1S/C42H60N4O12S2/c1-40(2)13-10-14-41(3)32(40)12-15-42(4)33(41)21-27(36(58-42)39(51)52)26-20-25(34(37(47)48)45-35(26)38(49)50)24-57-18-9-7-8-16-46(5)17-11-19-60(55,56)31-23-28(43)30(22-29(31)44)59(6,53)54/h20,22-23,32-33H,7-19,21,24,43-44H2,1-6H3,(H,47,48)(H,49,50)(H,51,52)/t32-,33+,41-,42+/m1/s1. The number of unbranched alkanes of at least 4 members (excludes halogenated alkanes) is 2. The van der Waals surface area contributed by atoms with Crippen molar-refractivity contribution in [1.82, 2.24) is 9.88 Å². The third-order valence-corrected chi connectivity index (χ3v) is 16.2. The van der Waals surface area contributed by atoms with Gasteiger partial charge >= 0.3 is 17.9 Å². The number of ether oxygens (including phenoxy) is 2. The second-order valence-electron chi connectivity index (χ2n) is 18.0. The molecule has 0 radical (unpaired) electrons. The summed E-state index contributed by atoms with van der Waals surface area (Å²) in [7, 11) is -5.65. The van der Waals surface area contributed by atoms with Gasteiger partial charge in [0.05, 0.1) is 33.5 Å². The Bertz CT molecular complexity index is 2280. The normalized spacial score (nSPS) is 24.1. The molecule has 0 bridgehead atoms. The fourth-order valence-corrected chi connectivity index (χ4v) is 12.6. The number of benzene rings is 1. The number of nitrogen functional groups attached to an aromatic ring is 2. The van der Waals surface area contributed by atoms with Crippen LogP contribution in [-0.2, 0) is 40.5 Å². The lowest BCUT2D eigenvalue weighted by Gasteiger charge is -2.63. The minimum Gasteiger partial charge on any atom is -0.480 e. The number of pyridine rings is 1. The third-order valence-electron chi connectivity index (χ3n) is 13.2. The SMILES string of the molecule is CN(CCCCCOCc1cc(C2=C(C(=O)O)O[C@@]3(C)CC[C@@H]4C(C)(C)CCC[C@@]4(C)[C@@H]3C2)c(C(=O)O)nc1C(=O)O)CCCS(=O)(=O)c1cc(N)c(S(C)(=O)=O)cc1N. The summed E-state index contributed by atoms with van der Waals surface area (Å²) in [6.45, 7) is 9.95. The molecule has 7 N–H and O–H groups in total. The Morgan fingerprint density at radius 1 is 0.850 bits per heavy atom. The van der Waals surface area contributed by atoms with E-state index in [1.807, 2.05) is 18.9 Å². The maximum absolute atomic E-state index is 13.0. The number of nitrogens with zero attached hydrogens (tertiary/aromatic N) is 2. The molecular formula is C42H60N4O12S2. The molecule has 1 aliphatic heterocycles. The Morgan fingerprint density at radius 2 is 1.48 bits per heavy atom. The number of aromatic nitrogens is 1. The van der Waals surface area contributed by atoms with Crippen LogP contribution >= 0.6 is 0 Å². The van der Waals surface area contributed by atoms with Crippen LogP contribution in [-0.4, -0.2) is 104 Å². The van der Waals surface area contributed by atoms with Crippen LogP contribution in [0.25, 0.3) is 5.57 Å². The predicted octanol–water partition coefficient (Wildman–Crippen LogP) is 5.75. The number of anilines is 2. The second kappa shape index (κ2) is 17.6. The van der Waals surface area contributed by atoms with Gasteiger partial charge in [-0.25, -0.2) is 36.2 Å². The zero-order chi connectivity index (χ0) is 44.6. The van der Waals surface area contributed by atoms with Gasteiger partial charge in [-0.1, -0.05) is 27.2 Å². The largest absolute Gasteiger partial charge is 0.480 e. The zero-order valence-electron chi connectivity index (χ0n) is 35.4. The number of aromatic carboxylic acids is 2. The molecular weight excluding hydrogens is 817 g/mol. The smallest absolute Gasteiger partial charge is 0.371 e. The first-order chi connectivity index (χ1) is 27.8. The van der Waals surface area contributed by atoms with Crippen LogP contribution in [0.5, 0.6) is 0 Å². The first-order valence-electron chi connectivity index (χ1n) is 20.4. The van der Waals surface area contributed by atoms with Gasteiger partial charge in [-0.2, -0.15) is 0 Å². The number of allylic oxidation sites excluding steroid dienone is 1. The summed E-state index contributed by atoms with van der Waals surface area (Å²) < 4.78 is 62.1. The number of carbonyl (C=O) groups is 3. The molecule has 332 valence electrons. The van der Waals surface area contributed by atoms with Crippen LogP contribution in [0.3, 0.4) is 0 Å². The van der Waals surface area contributed by atoms with E-state index in [0.29, 0.717) is 38.3 Å². The van der Waals surface area contributed by atoms with Crippen molar-refractivity contribution >= 4 is 54.5 Å². The van der Waals surface area contributed by atoms with Crippen molar-refractivity contribution in [3.05, 3.63) is 46.5 Å². The van der Waals surface area contributed by atoms with Crippen molar-refractivity contribution in [1.29, 1.82) is 0 Å². The summed E-state index contributed by atoms with van der Waals surface area (Å²) in [5.41, 5.74) is 9.71. The number of nitrogens with two attached hydrogens (primary N) is 2. The predicted molar refractivity (Wildman–Crippen MR) is 225 cm³/mol. The second-order valence-corrected chi connectivity index (χ2v) is 22.1. The lowest BCUT2D eigenvalue weighted by atomic mass is 9.44. The Morgan fingerprint density at radius 3 is 2.12 bits per heavy atom. The van der Waals surface area contributed by atoms with Crippen LogP contribution in [0, 0.1) is 22.7 Å². The first kappa shape index (κ1) is 46.8. The summed E-state index contributed by atoms with van der Waals surface area (Å²) in [5.74, 6) is -4.58. The van der Waals surface area contributed by atoms with E-state index >= 15 is 0 Å². The van der Waals surface area contributed by atoms with E-state index in [-0.39, 0.29) is 85.8 Å². The summed E-state index contributed by atoms with van der Waals surface area (Å²) in [6, 6.07) is 3.55. The van der Waals surface area contributed by atoms with Crippen LogP contribution < -0.4 is 11.5 Å². The summed E-state index contributed by atoms with van der Waals surface area (Å²) >= 11 is 0. The Kier molecular flexibility index (Phi) is 13.7. The van der Waals surface area contributed by atoms with E-state index in [4.69, 9.17) is 20.9 Å². The van der Waals surface area contributed by atoms with Gasteiger partial charge in [0.1, 0.15) is 5.60 Å². The lowest BCUT2D eigenvalue weighted by molar-refractivity contribution is -0.186. The highest BCUT2D eigenvalue weighted by Crippen LogP contribution is 2.65. The Hall–Kier alpha value is -4.26. The van der Waals surface area contributed by atoms with Gasteiger partial charge in [-0.3, -0.25) is 0 Å². The van der Waals surface area contributed by atoms with Crippen LogP contribution in [0.15, 0.2) is 33.7 Å². The molecule has 2 aromatic rings. The molecule has 2 fully saturated rings. The minimum atomic E-state index is -3.83. The molecule has 4 atom stereocenters. The van der Waals surface area contributed by atoms with Gasteiger partial charge in [0, 0.05) is 35.5 Å². The number of fused-ring (bicyclic) bond motifs is 3. The summed E-state index contributed by atoms with van der Waals surface area (Å²) in [5, 5.41) is 30.7. The van der Waals surface area contributed by atoms with Crippen molar-refractivity contribution in [2.75, 3.05) is 50.2 Å². The van der Waals surface area contributed by atoms with Crippen LogP contribution in [0.4, 0.5) is 11.4 Å². The number of carboxylic acid groups (broad SMARTS) is 3. The van der Waals surface area contributed by atoms with Gasteiger partial charge in [0.2, 0.25) is 5.76 Å². The Balaban J connectivity index is 1.21. The number of hydrogen-bond donors (Lipinski definition) is 5. The van der Waals surface area contributed by atoms with Gasteiger partial charge in [0.25, 0.3) is 0 Å². The van der Waals surface area contributed by atoms with E-state index < -0.39 is 54.6 Å². The molecule has 2 aliphatic carbocycles. The quantitative estimate of drug-likeness (QED) is 0.0882. The maximum Gasteiger partial charge on any atom is 0.371 e. The van der Waals surface area contributed by atoms with Crippen LogP contribution in [0.1, 0.15) is 124 Å². The van der Waals surface area contributed by atoms with E-state index in [0.717, 1.165) is 56.9 Å². The number of sulfone groups is 2. The molecule has 2 saturated carbocycles. The molecule has 0 saturated heterocycles. The average Bonchev–Trinajstić information content (AvgIpc) is 3.13. The number of carboxylic acids is 3. The highest BCUT2D eigenvalue weighted by Gasteiger charge is 2.61. The fraction of sp³-hybridized carbons (Fsp3) is 0.619. The number of rotatable bonds is 18. The Labute approximate surface area is 352 Å². The van der Waals surface area contributed by atoms with E-state index in [2.05, 4.69) is 25.8 Å². The van der Waals surface area contributed by atoms with Gasteiger partial charge in [0.15, 0.2) is 31.1 Å². The van der Waals surface area contributed by atoms with Gasteiger partial charge in [-0.05, 0) is 120 Å². The van der Waals surface area contributed by atoms with Crippen molar-refractivity contribution < 1.29 is 56.0 Å². The molecule has 0 amide bonds. The number of hydrogen-bond acceptors (Lipinski definition) is 13. The zero-order valence-corrected chi connectivity index (χ0v) is 37.0. The maximum atomic E-state index is 13.0. The topological polar surface area (TPSA) is 267 Å². The van der Waals surface area contributed by atoms with Gasteiger partial charge < -0.3 is 41.2 Å². The van der Waals surface area contributed by atoms with Crippen molar-refractivity contribution in [3.63, 3.8) is 0 Å². The molecule has 5 rings (SSSR count). The summed E-state index contributed by atoms with van der Waals surface area (Å²) in [6.07, 6.45) is 8.18. The fourth-order valence-electron chi connectivity index (χ4n) is 10.3. The third kappa shape index (κ3) is 9.76. The van der Waals surface area contributed by atoms with Crippen LogP contribution in [0.2, 0.25) is 0 Å². The number of aliphatic carboxylic acids is 1. The molecule has 3 aliphatic rings. The van der Waals surface area contributed by atoms with E-state index in [1.54, 1.807) is 0 Å². The minimum absolute atomic E-state index is 0.0135. The van der Waals surface area contributed by atoms with E-state index in [9.17, 15) is 46.5 Å². The molecule has 2 heterocycles. The molecule has 1 aromatic heterocycles. The molecule has 16 nitrogen and oxygen atoms in total. The molecule has 60 heavy (non-hydrogen) atoms. The highest BCUT2D eigenvalue weighted by atomic mass is 32.2. The summed E-state index contributed by atoms with van der Waals surface area (Å²) in [4.78, 5) is 43.4. The van der Waals surface area contributed by atoms with Crippen molar-refractivity contribution in [3.8, 4) is 0 Å². The van der Waals surface area contributed by atoms with Gasteiger partial charge in [-0.15, -0.1) is 0 Å². The van der Waals surface area contributed by atoms with E-state index in [1.165, 1.54) is 6.07 Å². The first-order valence-corrected chi connectivity index (χ1v) is 23.9. The van der Waals surface area contributed by atoms with Crippen molar-refractivity contribution in [2.45, 2.75) is 114 Å². The molecule has 18 heteroatoms. The lowest BCUT2D eigenvalue weighted by Crippen LogP contribution is -2.59. The molecule has 1 aromatic carbocycles. The molecule has 0 unspecified atom stereocenters. The molecule has 0 spiro atoms.